The summed E-state index contributed by atoms with van der Waals surface area (Å²) in [5.74, 6) is 0.924. The Morgan fingerprint density at radius 3 is 2.38 bits per heavy atom. The Morgan fingerprint density at radius 1 is 0.781 bits per heavy atom. The number of rotatable bonds is 3. The van der Waals surface area contributed by atoms with Gasteiger partial charge in [-0.1, -0.05) is 42.5 Å². The molecule has 3 aromatic heterocycles. The average molecular weight is 418 g/mol. The first kappa shape index (κ1) is 18.8. The van der Waals surface area contributed by atoms with Gasteiger partial charge in [0.1, 0.15) is 11.4 Å². The molecule has 0 aliphatic carbocycles. The highest BCUT2D eigenvalue weighted by molar-refractivity contribution is 6.08. The fourth-order valence-corrected chi connectivity index (χ4v) is 4.81. The Kier molecular flexibility index (Phi) is 4.15. The molecule has 4 heteroatoms. The van der Waals surface area contributed by atoms with Gasteiger partial charge in [0, 0.05) is 22.9 Å². The van der Waals surface area contributed by atoms with Crippen LogP contribution in [0.3, 0.4) is 0 Å². The van der Waals surface area contributed by atoms with E-state index < -0.39 is 0 Å². The normalized spacial score (nSPS) is 11.7. The fraction of sp³-hybridized carbons (Fsp3) is 0.143. The lowest BCUT2D eigenvalue weighted by molar-refractivity contribution is 0.654. The highest BCUT2D eigenvalue weighted by atomic mass is 16.3. The summed E-state index contributed by atoms with van der Waals surface area (Å²) < 4.78 is 8.65. The molecule has 3 aromatic carbocycles. The second-order valence-corrected chi connectivity index (χ2v) is 8.27. The van der Waals surface area contributed by atoms with Crippen LogP contribution < -0.4 is 0 Å². The third kappa shape index (κ3) is 2.69. The minimum absolute atomic E-state index is 0.659. The Morgan fingerprint density at radius 2 is 1.56 bits per heavy atom. The van der Waals surface area contributed by atoms with Crippen LogP contribution in [0.4, 0.5) is 0 Å². The first-order valence-corrected chi connectivity index (χ1v) is 11.0. The topological polar surface area (TPSA) is 43.9 Å². The van der Waals surface area contributed by atoms with Crippen molar-refractivity contribution in [3.8, 4) is 22.6 Å². The van der Waals surface area contributed by atoms with Crippen LogP contribution in [-0.2, 0) is 6.54 Å². The maximum atomic E-state index is 6.41. The molecule has 0 N–H and O–H groups in total. The lowest BCUT2D eigenvalue weighted by atomic mass is 9.99. The molecule has 4 nitrogen and oxygen atoms in total. The van der Waals surface area contributed by atoms with E-state index in [1.54, 1.807) is 0 Å². The van der Waals surface area contributed by atoms with E-state index in [4.69, 9.17) is 14.4 Å². The summed E-state index contributed by atoms with van der Waals surface area (Å²) >= 11 is 0. The molecule has 0 saturated heterocycles. The van der Waals surface area contributed by atoms with Crippen LogP contribution in [0.5, 0.6) is 0 Å². The van der Waals surface area contributed by atoms with Crippen LogP contribution in [0.15, 0.2) is 77.2 Å². The minimum Gasteiger partial charge on any atom is -0.437 e. The minimum atomic E-state index is 0.659. The number of aromatic nitrogens is 3. The molecule has 6 aromatic rings. The van der Waals surface area contributed by atoms with Crippen molar-refractivity contribution in [2.75, 3.05) is 0 Å². The van der Waals surface area contributed by atoms with Crippen molar-refractivity contribution in [1.82, 2.24) is 14.5 Å². The van der Waals surface area contributed by atoms with E-state index in [0.29, 0.717) is 5.71 Å². The summed E-state index contributed by atoms with van der Waals surface area (Å²) in [6.45, 7) is 7.23. The molecule has 0 saturated carbocycles. The van der Waals surface area contributed by atoms with Gasteiger partial charge in [0.05, 0.1) is 22.3 Å². The van der Waals surface area contributed by atoms with E-state index in [-0.39, 0.29) is 0 Å². The zero-order chi connectivity index (χ0) is 21.8. The molecule has 32 heavy (non-hydrogen) atoms. The molecule has 0 radical (unpaired) electrons. The lowest BCUT2D eigenvalue weighted by Crippen LogP contribution is -1.97. The quantitative estimate of drug-likeness (QED) is 0.303. The zero-order valence-corrected chi connectivity index (χ0v) is 18.4. The smallest absolute Gasteiger partial charge is 0.227 e. The second kappa shape index (κ2) is 7.06. The van der Waals surface area contributed by atoms with E-state index in [1.807, 2.05) is 6.07 Å². The van der Waals surface area contributed by atoms with Gasteiger partial charge >= 0.3 is 0 Å². The molecular formula is C28H23N3O. The van der Waals surface area contributed by atoms with Crippen molar-refractivity contribution in [2.45, 2.75) is 27.3 Å². The lowest BCUT2D eigenvalue weighted by Gasteiger charge is -2.08. The third-order valence-electron chi connectivity index (χ3n) is 6.31. The predicted molar refractivity (Wildman–Crippen MR) is 131 cm³/mol. The van der Waals surface area contributed by atoms with Gasteiger partial charge in [-0.2, -0.15) is 0 Å². The van der Waals surface area contributed by atoms with Gasteiger partial charge in [0.15, 0.2) is 0 Å². The van der Waals surface area contributed by atoms with Gasteiger partial charge in [-0.15, -0.1) is 0 Å². The number of hydrogen-bond donors (Lipinski definition) is 0. The number of pyridine rings is 1. The highest BCUT2D eigenvalue weighted by Gasteiger charge is 2.19. The van der Waals surface area contributed by atoms with E-state index in [2.05, 4.69) is 92.1 Å². The van der Waals surface area contributed by atoms with E-state index in [0.717, 1.165) is 51.0 Å². The molecule has 0 aliphatic rings. The summed E-state index contributed by atoms with van der Waals surface area (Å²) in [5, 5.41) is 2.09. The Bertz CT molecular complexity index is 1620. The maximum absolute atomic E-state index is 6.41. The molecule has 0 aliphatic heterocycles. The van der Waals surface area contributed by atoms with Crippen molar-refractivity contribution in [3.05, 3.63) is 83.9 Å². The van der Waals surface area contributed by atoms with Crippen LogP contribution in [0.1, 0.15) is 18.1 Å². The predicted octanol–water partition coefficient (Wildman–Crippen LogP) is 7.30. The Hall–Kier alpha value is -3.92. The van der Waals surface area contributed by atoms with Gasteiger partial charge in [-0.3, -0.25) is 0 Å². The monoisotopic (exact) mass is 417 g/mol. The number of hydrogen-bond acceptors (Lipinski definition) is 3. The van der Waals surface area contributed by atoms with Crippen LogP contribution in [-0.4, -0.2) is 14.5 Å². The average Bonchev–Trinajstić information content (AvgIpc) is 3.36. The number of furan rings is 1. The molecule has 156 valence electrons. The molecule has 0 fully saturated rings. The summed E-state index contributed by atoms with van der Waals surface area (Å²) in [4.78, 5) is 9.88. The van der Waals surface area contributed by atoms with Gasteiger partial charge in [-0.05, 0) is 62.2 Å². The Labute approximate surface area is 186 Å². The molecule has 0 amide bonds. The van der Waals surface area contributed by atoms with Crippen molar-refractivity contribution in [2.24, 2.45) is 0 Å². The van der Waals surface area contributed by atoms with E-state index in [9.17, 15) is 0 Å². The van der Waals surface area contributed by atoms with Gasteiger partial charge < -0.3 is 8.98 Å². The zero-order valence-electron chi connectivity index (χ0n) is 18.4. The van der Waals surface area contributed by atoms with Crippen LogP contribution >= 0.6 is 0 Å². The standard InChI is InChI=1S/C28H23N3O/c1-4-31-24-14-6-5-13-22(24)29-27(31)21-12-8-11-19-20-15-16-23(30-28(20)32-26(19)21)25-17(2)9-7-10-18(25)3/h5-16H,4H2,1-3H3. The summed E-state index contributed by atoms with van der Waals surface area (Å²) in [5.41, 5.74) is 9.15. The number of aryl methyl sites for hydroxylation is 3. The number of fused-ring (bicyclic) bond motifs is 4. The van der Waals surface area contributed by atoms with E-state index in [1.165, 1.54) is 16.7 Å². The van der Waals surface area contributed by atoms with Crippen LogP contribution in [0.25, 0.3) is 55.7 Å². The summed E-state index contributed by atoms with van der Waals surface area (Å²) in [7, 11) is 0. The molecule has 0 atom stereocenters. The van der Waals surface area contributed by atoms with Gasteiger partial charge in [0.2, 0.25) is 5.71 Å². The first-order valence-electron chi connectivity index (χ1n) is 11.0. The summed E-state index contributed by atoms with van der Waals surface area (Å²) in [6.07, 6.45) is 0. The molecule has 0 spiro atoms. The molecule has 3 heterocycles. The molecule has 0 bridgehead atoms. The number of benzene rings is 3. The van der Waals surface area contributed by atoms with Crippen molar-refractivity contribution >= 4 is 33.1 Å². The van der Waals surface area contributed by atoms with Crippen molar-refractivity contribution in [1.29, 1.82) is 0 Å². The van der Waals surface area contributed by atoms with E-state index >= 15 is 0 Å². The Balaban J connectivity index is 1.61. The summed E-state index contributed by atoms with van der Waals surface area (Å²) in [6, 6.07) is 25.1. The molecule has 6 rings (SSSR count). The first-order chi connectivity index (χ1) is 15.7. The van der Waals surface area contributed by atoms with Crippen molar-refractivity contribution < 1.29 is 4.42 Å². The van der Waals surface area contributed by atoms with Crippen LogP contribution in [0.2, 0.25) is 0 Å². The SMILES string of the molecule is CCn1c(-c2cccc3c2oc2nc(-c4c(C)cccc4C)ccc23)nc2ccccc21. The highest BCUT2D eigenvalue weighted by Crippen LogP contribution is 2.37. The third-order valence-corrected chi connectivity index (χ3v) is 6.31. The van der Waals surface area contributed by atoms with Crippen LogP contribution in [0, 0.1) is 13.8 Å². The molecule has 0 unspecified atom stereocenters. The van der Waals surface area contributed by atoms with Crippen molar-refractivity contribution in [3.63, 3.8) is 0 Å². The maximum Gasteiger partial charge on any atom is 0.227 e. The largest absolute Gasteiger partial charge is 0.437 e. The van der Waals surface area contributed by atoms with Gasteiger partial charge in [0.25, 0.3) is 0 Å². The number of nitrogens with zero attached hydrogens (tertiary/aromatic N) is 3. The fourth-order valence-electron chi connectivity index (χ4n) is 4.81. The second-order valence-electron chi connectivity index (χ2n) is 8.27. The van der Waals surface area contributed by atoms with Gasteiger partial charge in [-0.25, -0.2) is 9.97 Å². The number of imidazole rings is 1. The molecular weight excluding hydrogens is 394 g/mol. The number of para-hydroxylation sites is 3.